The average Bonchev–Trinajstić information content (AvgIpc) is 2.36. The van der Waals surface area contributed by atoms with Crippen LogP contribution in [0.15, 0.2) is 30.3 Å². The summed E-state index contributed by atoms with van der Waals surface area (Å²) in [5, 5.41) is 0. The summed E-state index contributed by atoms with van der Waals surface area (Å²) in [4.78, 5) is 0. The zero-order chi connectivity index (χ0) is 11.9. The van der Waals surface area contributed by atoms with Gasteiger partial charge in [0.2, 0.25) is 0 Å². The molecule has 0 aliphatic rings. The van der Waals surface area contributed by atoms with Crippen LogP contribution in [0.25, 0.3) is 0 Å². The smallest absolute Gasteiger partial charge is 0.290 e. The van der Waals surface area contributed by atoms with Gasteiger partial charge in [-0.25, -0.2) is 4.57 Å². The lowest BCUT2D eigenvalue weighted by atomic mass is 10.1. The molecule has 1 aromatic carbocycles. The van der Waals surface area contributed by atoms with Gasteiger partial charge in [0.15, 0.2) is 0 Å². The molecule has 0 bridgehead atoms. The van der Waals surface area contributed by atoms with E-state index in [1.54, 1.807) is 0 Å². The highest BCUT2D eigenvalue weighted by Gasteiger charge is 2.21. The molecule has 0 aliphatic carbocycles. The molecule has 0 saturated heterocycles. The lowest BCUT2D eigenvalue weighted by molar-refractivity contribution is 0.151. The molecule has 0 aromatic heterocycles. The second-order valence-electron chi connectivity index (χ2n) is 3.23. The molecule has 5 heteroatoms. The highest BCUT2D eigenvalue weighted by atomic mass is 31.2. The summed E-state index contributed by atoms with van der Waals surface area (Å²) in [6.07, 6.45) is 1.66. The van der Waals surface area contributed by atoms with Crippen LogP contribution in [0.2, 0.25) is 0 Å². The van der Waals surface area contributed by atoms with Gasteiger partial charge < -0.3 is 0 Å². The molecule has 0 spiro atoms. The zero-order valence-electron chi connectivity index (χ0n) is 9.59. The van der Waals surface area contributed by atoms with Crippen LogP contribution in [0.3, 0.4) is 0 Å². The second-order valence-corrected chi connectivity index (χ2v) is 5.12. The Kier molecular flexibility index (Phi) is 5.71. The van der Waals surface area contributed by atoms with E-state index in [2.05, 4.69) is 9.05 Å². The summed E-state index contributed by atoms with van der Waals surface area (Å²) in [5.74, 6) is 0. The topological polar surface area (TPSA) is 44.8 Å². The van der Waals surface area contributed by atoms with Crippen LogP contribution in [0, 0.1) is 0 Å². The monoisotopic (exact) mass is 244 g/mol. The fourth-order valence-corrected chi connectivity index (χ4v) is 1.99. The highest BCUT2D eigenvalue weighted by Crippen LogP contribution is 2.47. The normalized spacial score (nSPS) is 11.6. The minimum atomic E-state index is -3.30. The summed E-state index contributed by atoms with van der Waals surface area (Å²) < 4.78 is 25.9. The Bertz CT molecular complexity index is 331. The summed E-state index contributed by atoms with van der Waals surface area (Å²) in [7, 11) is -0.688. The van der Waals surface area contributed by atoms with E-state index in [-0.39, 0.29) is 0 Å². The van der Waals surface area contributed by atoms with E-state index >= 15 is 0 Å². The average molecular weight is 244 g/mol. The minimum Gasteiger partial charge on any atom is -0.290 e. The number of phosphoric acid groups is 1. The Morgan fingerprint density at radius 2 is 1.75 bits per heavy atom. The maximum atomic E-state index is 11.5. The number of phosphoric ester groups is 1. The molecule has 0 amide bonds. The van der Waals surface area contributed by atoms with Gasteiger partial charge in [0.25, 0.3) is 0 Å². The quantitative estimate of drug-likeness (QED) is 0.546. The van der Waals surface area contributed by atoms with Crippen molar-refractivity contribution in [3.63, 3.8) is 0 Å². The summed E-state index contributed by atoms with van der Waals surface area (Å²) in [6.45, 7) is 0.355. The molecular formula is C11H17O4P. The van der Waals surface area contributed by atoms with Gasteiger partial charge in [0, 0.05) is 14.2 Å². The Balaban J connectivity index is 2.24. The number of hydrogen-bond acceptors (Lipinski definition) is 4. The lowest BCUT2D eigenvalue weighted by Crippen LogP contribution is -1.98. The van der Waals surface area contributed by atoms with Gasteiger partial charge in [-0.3, -0.25) is 13.6 Å². The van der Waals surface area contributed by atoms with Gasteiger partial charge >= 0.3 is 7.82 Å². The standard InChI is InChI=1S/C11H17O4P/c1-13-16(12,14-2)15-10-6-9-11-7-4-3-5-8-11/h3-5,7-8H,6,9-10H2,1-2H3. The fraction of sp³-hybridized carbons (Fsp3) is 0.455. The Labute approximate surface area is 96.1 Å². The Morgan fingerprint density at radius 3 is 2.31 bits per heavy atom. The van der Waals surface area contributed by atoms with Crippen LogP contribution in [0.1, 0.15) is 12.0 Å². The predicted molar refractivity (Wildman–Crippen MR) is 62.3 cm³/mol. The molecule has 90 valence electrons. The van der Waals surface area contributed by atoms with Crippen molar-refractivity contribution in [2.45, 2.75) is 12.8 Å². The van der Waals surface area contributed by atoms with Gasteiger partial charge in [-0.05, 0) is 18.4 Å². The van der Waals surface area contributed by atoms with E-state index in [1.165, 1.54) is 19.8 Å². The van der Waals surface area contributed by atoms with Crippen LogP contribution >= 0.6 is 7.82 Å². The summed E-state index contributed by atoms with van der Waals surface area (Å²) >= 11 is 0. The van der Waals surface area contributed by atoms with Crippen molar-refractivity contribution < 1.29 is 18.1 Å². The third kappa shape index (κ3) is 4.45. The van der Waals surface area contributed by atoms with Crippen molar-refractivity contribution in [3.8, 4) is 0 Å². The van der Waals surface area contributed by atoms with E-state index in [4.69, 9.17) is 4.52 Å². The first-order valence-electron chi connectivity index (χ1n) is 5.10. The first-order chi connectivity index (χ1) is 7.70. The van der Waals surface area contributed by atoms with Crippen molar-refractivity contribution in [2.75, 3.05) is 20.8 Å². The van der Waals surface area contributed by atoms with E-state index in [0.29, 0.717) is 6.61 Å². The number of rotatable bonds is 7. The van der Waals surface area contributed by atoms with Crippen LogP contribution < -0.4 is 0 Å². The third-order valence-electron chi connectivity index (χ3n) is 2.15. The maximum Gasteiger partial charge on any atom is 0.474 e. The highest BCUT2D eigenvalue weighted by molar-refractivity contribution is 7.48. The van der Waals surface area contributed by atoms with Gasteiger partial charge in [0.05, 0.1) is 6.61 Å². The van der Waals surface area contributed by atoms with Gasteiger partial charge in [-0.15, -0.1) is 0 Å². The molecule has 0 fully saturated rings. The molecule has 0 heterocycles. The molecule has 0 saturated carbocycles. The second kappa shape index (κ2) is 6.81. The van der Waals surface area contributed by atoms with Crippen molar-refractivity contribution in [2.24, 2.45) is 0 Å². The largest absolute Gasteiger partial charge is 0.474 e. The number of aryl methyl sites for hydroxylation is 1. The fourth-order valence-electron chi connectivity index (χ4n) is 1.28. The van der Waals surface area contributed by atoms with E-state index < -0.39 is 7.82 Å². The summed E-state index contributed by atoms with van der Waals surface area (Å²) in [5.41, 5.74) is 1.23. The van der Waals surface area contributed by atoms with E-state index in [9.17, 15) is 4.57 Å². The number of hydrogen-bond donors (Lipinski definition) is 0. The molecule has 0 N–H and O–H groups in total. The van der Waals surface area contributed by atoms with Gasteiger partial charge in [-0.2, -0.15) is 0 Å². The first-order valence-corrected chi connectivity index (χ1v) is 6.56. The molecule has 0 atom stereocenters. The van der Waals surface area contributed by atoms with E-state index in [1.807, 2.05) is 30.3 Å². The zero-order valence-corrected chi connectivity index (χ0v) is 10.5. The van der Waals surface area contributed by atoms with Crippen LogP contribution in [-0.4, -0.2) is 20.8 Å². The SMILES string of the molecule is COP(=O)(OC)OCCCc1ccccc1. The minimum absolute atomic E-state index is 0.355. The van der Waals surface area contributed by atoms with Gasteiger partial charge in [0.1, 0.15) is 0 Å². The summed E-state index contributed by atoms with van der Waals surface area (Å²) in [6, 6.07) is 10.1. The molecule has 0 radical (unpaired) electrons. The van der Waals surface area contributed by atoms with E-state index in [0.717, 1.165) is 12.8 Å². The number of benzene rings is 1. The molecule has 0 aliphatic heterocycles. The maximum absolute atomic E-state index is 11.5. The van der Waals surface area contributed by atoms with Crippen molar-refractivity contribution in [3.05, 3.63) is 35.9 Å². The van der Waals surface area contributed by atoms with Crippen molar-refractivity contribution >= 4 is 7.82 Å². The molecule has 1 rings (SSSR count). The predicted octanol–water partition coefficient (Wildman–Crippen LogP) is 3.04. The lowest BCUT2D eigenvalue weighted by Gasteiger charge is -2.12. The van der Waals surface area contributed by atoms with Crippen LogP contribution in [0.4, 0.5) is 0 Å². The Hall–Kier alpha value is -0.670. The first kappa shape index (κ1) is 13.4. The molecular weight excluding hydrogens is 227 g/mol. The van der Waals surface area contributed by atoms with Crippen molar-refractivity contribution in [1.29, 1.82) is 0 Å². The molecule has 4 nitrogen and oxygen atoms in total. The van der Waals surface area contributed by atoms with Crippen LogP contribution in [0.5, 0.6) is 0 Å². The molecule has 1 aromatic rings. The van der Waals surface area contributed by atoms with Crippen LogP contribution in [-0.2, 0) is 24.6 Å². The molecule has 16 heavy (non-hydrogen) atoms. The molecule has 0 unspecified atom stereocenters. The van der Waals surface area contributed by atoms with Crippen molar-refractivity contribution in [1.82, 2.24) is 0 Å². The Morgan fingerprint density at radius 1 is 1.12 bits per heavy atom. The third-order valence-corrected chi connectivity index (χ3v) is 3.54. The van der Waals surface area contributed by atoms with Gasteiger partial charge in [-0.1, -0.05) is 30.3 Å².